The fourth-order valence-electron chi connectivity index (χ4n) is 3.46. The van der Waals surface area contributed by atoms with Crippen LogP contribution in [0.15, 0.2) is 18.2 Å². The quantitative estimate of drug-likeness (QED) is 0.880. The molecule has 3 rings (SSSR count). The number of piperidine rings is 1. The van der Waals surface area contributed by atoms with Gasteiger partial charge in [0, 0.05) is 36.8 Å². The highest BCUT2D eigenvalue weighted by atomic mass is 16.7. The molecular formula is C17H22N2O3. The van der Waals surface area contributed by atoms with Crippen molar-refractivity contribution < 1.29 is 14.7 Å². The van der Waals surface area contributed by atoms with Gasteiger partial charge in [-0.2, -0.15) is 5.48 Å². The molecule has 0 bridgehead atoms. The second kappa shape index (κ2) is 6.01. The van der Waals surface area contributed by atoms with Crippen LogP contribution in [0.25, 0.3) is 6.08 Å². The maximum atomic E-state index is 11.3. The average Bonchev–Trinajstić information content (AvgIpc) is 2.64. The van der Waals surface area contributed by atoms with Crippen molar-refractivity contribution in [2.75, 3.05) is 13.1 Å². The third-order valence-corrected chi connectivity index (χ3v) is 4.25. The van der Waals surface area contributed by atoms with Crippen LogP contribution in [0.5, 0.6) is 11.5 Å². The summed E-state index contributed by atoms with van der Waals surface area (Å²) in [6, 6.07) is 3.78. The molecule has 2 unspecified atom stereocenters. The standard InChI is InChI=1S/C17H22N2O3/c1-11-7-12(2)9-19(8-11)10-14-4-3-13-5-6-15(20)18-22-17(13)16(14)21/h3-6,11-12,21H,7-10H2,1-2H3,(H,18,20). The summed E-state index contributed by atoms with van der Waals surface area (Å²) < 4.78 is 0. The average molecular weight is 302 g/mol. The Balaban J connectivity index is 1.81. The topological polar surface area (TPSA) is 61.8 Å². The molecule has 2 aliphatic rings. The van der Waals surface area contributed by atoms with Gasteiger partial charge in [0.15, 0.2) is 5.75 Å². The van der Waals surface area contributed by atoms with Gasteiger partial charge in [0.2, 0.25) is 5.75 Å². The molecule has 1 saturated heterocycles. The Morgan fingerprint density at radius 3 is 2.73 bits per heavy atom. The van der Waals surface area contributed by atoms with E-state index in [9.17, 15) is 9.90 Å². The van der Waals surface area contributed by atoms with Crippen LogP contribution in [0.1, 0.15) is 31.4 Å². The number of nitrogens with zero attached hydrogens (tertiary/aromatic N) is 1. The molecule has 0 aliphatic carbocycles. The molecule has 0 aromatic heterocycles. The summed E-state index contributed by atoms with van der Waals surface area (Å²) in [6.07, 6.45) is 4.29. The van der Waals surface area contributed by atoms with Crippen LogP contribution in [0.3, 0.4) is 0 Å². The van der Waals surface area contributed by atoms with Crippen LogP contribution in [0.4, 0.5) is 0 Å². The van der Waals surface area contributed by atoms with Gasteiger partial charge >= 0.3 is 0 Å². The summed E-state index contributed by atoms with van der Waals surface area (Å²) >= 11 is 0. The molecule has 1 aromatic rings. The maximum absolute atomic E-state index is 11.3. The van der Waals surface area contributed by atoms with Gasteiger partial charge in [0.25, 0.3) is 5.91 Å². The summed E-state index contributed by atoms with van der Waals surface area (Å²) in [5.41, 5.74) is 3.81. The van der Waals surface area contributed by atoms with Crippen molar-refractivity contribution in [3.63, 3.8) is 0 Å². The number of hydroxylamine groups is 1. The number of carbonyl (C=O) groups is 1. The molecule has 22 heavy (non-hydrogen) atoms. The van der Waals surface area contributed by atoms with E-state index in [1.54, 1.807) is 6.08 Å². The predicted octanol–water partition coefficient (Wildman–Crippen LogP) is 2.31. The van der Waals surface area contributed by atoms with Gasteiger partial charge in [-0.3, -0.25) is 9.69 Å². The van der Waals surface area contributed by atoms with Crippen LogP contribution in [-0.4, -0.2) is 29.0 Å². The van der Waals surface area contributed by atoms with E-state index in [1.165, 1.54) is 12.5 Å². The number of nitrogens with one attached hydrogen (secondary N) is 1. The first-order valence-corrected chi connectivity index (χ1v) is 7.75. The number of amides is 1. The first kappa shape index (κ1) is 14.9. The van der Waals surface area contributed by atoms with Gasteiger partial charge in [0.05, 0.1) is 0 Å². The Morgan fingerprint density at radius 2 is 2.00 bits per heavy atom. The third-order valence-electron chi connectivity index (χ3n) is 4.25. The van der Waals surface area contributed by atoms with Gasteiger partial charge in [-0.1, -0.05) is 26.0 Å². The molecule has 2 aliphatic heterocycles. The molecule has 1 amide bonds. The van der Waals surface area contributed by atoms with E-state index >= 15 is 0 Å². The Kier molecular flexibility index (Phi) is 4.07. The molecule has 0 radical (unpaired) electrons. The van der Waals surface area contributed by atoms with Crippen molar-refractivity contribution in [1.29, 1.82) is 0 Å². The highest BCUT2D eigenvalue weighted by Gasteiger charge is 2.24. The zero-order valence-corrected chi connectivity index (χ0v) is 13.0. The van der Waals surface area contributed by atoms with Gasteiger partial charge < -0.3 is 9.94 Å². The lowest BCUT2D eigenvalue weighted by molar-refractivity contribution is -0.122. The molecule has 0 spiro atoms. The zero-order chi connectivity index (χ0) is 15.7. The lowest BCUT2D eigenvalue weighted by Crippen LogP contribution is -2.38. The van der Waals surface area contributed by atoms with E-state index in [0.717, 1.165) is 18.7 Å². The molecule has 5 nitrogen and oxygen atoms in total. The number of hydrogen-bond acceptors (Lipinski definition) is 4. The van der Waals surface area contributed by atoms with Crippen LogP contribution in [0.2, 0.25) is 0 Å². The first-order chi connectivity index (χ1) is 10.5. The van der Waals surface area contributed by atoms with E-state index in [0.29, 0.717) is 29.7 Å². The molecule has 1 fully saturated rings. The lowest BCUT2D eigenvalue weighted by Gasteiger charge is -2.35. The Bertz CT molecular complexity index is 602. The summed E-state index contributed by atoms with van der Waals surface area (Å²) in [6.45, 7) is 7.30. The Hall–Kier alpha value is -2.01. The number of rotatable bonds is 2. The zero-order valence-electron chi connectivity index (χ0n) is 13.0. The van der Waals surface area contributed by atoms with Crippen molar-refractivity contribution in [3.8, 4) is 11.5 Å². The number of phenols is 1. The van der Waals surface area contributed by atoms with Crippen molar-refractivity contribution in [2.24, 2.45) is 11.8 Å². The van der Waals surface area contributed by atoms with Crippen LogP contribution >= 0.6 is 0 Å². The molecule has 118 valence electrons. The summed E-state index contributed by atoms with van der Waals surface area (Å²) in [5, 5.41) is 10.5. The number of likely N-dealkylation sites (tertiary alicyclic amines) is 1. The molecule has 2 atom stereocenters. The van der Waals surface area contributed by atoms with E-state index in [1.807, 2.05) is 12.1 Å². The monoisotopic (exact) mass is 302 g/mol. The van der Waals surface area contributed by atoms with E-state index in [2.05, 4.69) is 24.2 Å². The van der Waals surface area contributed by atoms with Gasteiger partial charge in [-0.15, -0.1) is 0 Å². The predicted molar refractivity (Wildman–Crippen MR) is 84.1 cm³/mol. The van der Waals surface area contributed by atoms with Crippen LogP contribution in [0, 0.1) is 11.8 Å². The Morgan fingerprint density at radius 1 is 1.27 bits per heavy atom. The molecule has 2 N–H and O–H groups in total. The molecule has 0 saturated carbocycles. The highest BCUT2D eigenvalue weighted by Crippen LogP contribution is 2.36. The molecule has 5 heteroatoms. The van der Waals surface area contributed by atoms with Gasteiger partial charge in [-0.25, -0.2) is 0 Å². The third kappa shape index (κ3) is 3.09. The number of carbonyl (C=O) groups excluding carboxylic acids is 1. The van der Waals surface area contributed by atoms with Crippen molar-refractivity contribution in [1.82, 2.24) is 10.4 Å². The largest absolute Gasteiger partial charge is 0.504 e. The first-order valence-electron chi connectivity index (χ1n) is 7.75. The summed E-state index contributed by atoms with van der Waals surface area (Å²) in [7, 11) is 0. The van der Waals surface area contributed by atoms with Crippen molar-refractivity contribution in [2.45, 2.75) is 26.8 Å². The maximum Gasteiger partial charge on any atom is 0.276 e. The second-order valence-corrected chi connectivity index (χ2v) is 6.53. The highest BCUT2D eigenvalue weighted by molar-refractivity contribution is 5.92. The summed E-state index contributed by atoms with van der Waals surface area (Å²) in [4.78, 5) is 18.9. The fraction of sp³-hybridized carbons (Fsp3) is 0.471. The smallest absolute Gasteiger partial charge is 0.276 e. The lowest BCUT2D eigenvalue weighted by atomic mass is 9.91. The van der Waals surface area contributed by atoms with E-state index in [4.69, 9.17) is 4.84 Å². The van der Waals surface area contributed by atoms with Crippen LogP contribution < -0.4 is 10.3 Å². The van der Waals surface area contributed by atoms with E-state index in [-0.39, 0.29) is 11.7 Å². The Labute approximate surface area is 130 Å². The number of fused-ring (bicyclic) bond motifs is 1. The van der Waals surface area contributed by atoms with Crippen molar-refractivity contribution >= 4 is 12.0 Å². The van der Waals surface area contributed by atoms with Gasteiger partial charge in [-0.05, 0) is 24.3 Å². The number of aromatic hydroxyl groups is 1. The van der Waals surface area contributed by atoms with Gasteiger partial charge in [0.1, 0.15) is 0 Å². The minimum Gasteiger partial charge on any atom is -0.504 e. The second-order valence-electron chi connectivity index (χ2n) is 6.53. The number of hydrogen-bond donors (Lipinski definition) is 2. The van der Waals surface area contributed by atoms with E-state index < -0.39 is 0 Å². The minimum atomic E-state index is -0.337. The number of phenolic OH excluding ortho intramolecular Hbond substituents is 1. The van der Waals surface area contributed by atoms with Crippen LogP contribution in [-0.2, 0) is 11.3 Å². The minimum absolute atomic E-state index is 0.107. The fourth-order valence-corrected chi connectivity index (χ4v) is 3.46. The number of benzene rings is 1. The molecular weight excluding hydrogens is 280 g/mol. The summed E-state index contributed by atoms with van der Waals surface area (Å²) in [5.74, 6) is 1.43. The normalized spacial score (nSPS) is 25.1. The molecule has 1 aromatic carbocycles. The van der Waals surface area contributed by atoms with Crippen molar-refractivity contribution in [3.05, 3.63) is 29.3 Å². The SMILES string of the molecule is CC1CC(C)CN(Cc2ccc3c(c2O)ONC(=O)C=C3)C1. The molecule has 2 heterocycles.